The molecule has 0 radical (unpaired) electrons. The maximum atomic E-state index is 12.5. The number of primary amides is 1. The molecule has 4 aromatic rings. The van der Waals surface area contributed by atoms with E-state index in [2.05, 4.69) is 25.9 Å². The number of nitrogens with one attached hydrogen (secondary N) is 2. The molecule has 0 spiro atoms. The van der Waals surface area contributed by atoms with E-state index in [1.54, 1.807) is 42.7 Å². The number of carbonyl (C=O) groups is 3. The van der Waals surface area contributed by atoms with Crippen molar-refractivity contribution in [3.8, 4) is 0 Å². The fourth-order valence-corrected chi connectivity index (χ4v) is 2.89. The van der Waals surface area contributed by atoms with E-state index < -0.39 is 11.8 Å². The summed E-state index contributed by atoms with van der Waals surface area (Å²) < 4.78 is 1.52. The number of anilines is 1. The van der Waals surface area contributed by atoms with Crippen LogP contribution >= 0.6 is 0 Å². The van der Waals surface area contributed by atoms with Crippen LogP contribution < -0.4 is 16.4 Å². The quantitative estimate of drug-likeness (QED) is 0.434. The van der Waals surface area contributed by atoms with Crippen molar-refractivity contribution in [2.75, 3.05) is 5.32 Å². The fraction of sp³-hybridized carbons (Fsp3) is 0.0476. The predicted octanol–water partition coefficient (Wildman–Crippen LogP) is 1.41. The Labute approximate surface area is 176 Å². The number of aromatic nitrogens is 4. The Morgan fingerprint density at radius 3 is 2.61 bits per heavy atom. The van der Waals surface area contributed by atoms with E-state index in [0.717, 1.165) is 11.1 Å². The minimum absolute atomic E-state index is 0.0152. The third-order valence-corrected chi connectivity index (χ3v) is 4.43. The van der Waals surface area contributed by atoms with Gasteiger partial charge in [-0.15, -0.1) is 5.10 Å². The van der Waals surface area contributed by atoms with E-state index in [1.807, 2.05) is 6.07 Å². The molecule has 3 aromatic heterocycles. The summed E-state index contributed by atoms with van der Waals surface area (Å²) in [6, 6.07) is 15.0. The summed E-state index contributed by atoms with van der Waals surface area (Å²) in [5, 5.41) is 13.2. The molecule has 3 amide bonds. The normalized spacial score (nSPS) is 10.6. The Morgan fingerprint density at radius 2 is 1.77 bits per heavy atom. The number of nitrogens with zero attached hydrogens (tertiary/aromatic N) is 4. The second-order valence-corrected chi connectivity index (χ2v) is 6.63. The zero-order valence-electron chi connectivity index (χ0n) is 16.1. The highest BCUT2D eigenvalue weighted by molar-refractivity contribution is 6.04. The van der Waals surface area contributed by atoms with Crippen LogP contribution in [0, 0.1) is 0 Å². The average molecular weight is 415 g/mol. The van der Waals surface area contributed by atoms with Crippen molar-refractivity contribution >= 4 is 28.9 Å². The molecule has 0 aliphatic heterocycles. The zero-order chi connectivity index (χ0) is 21.8. The number of hydrogen-bond donors (Lipinski definition) is 3. The molecule has 0 atom stereocenters. The van der Waals surface area contributed by atoms with Crippen LogP contribution in [0.15, 0.2) is 67.0 Å². The molecule has 0 aliphatic rings. The molecule has 10 heteroatoms. The first-order valence-electron chi connectivity index (χ1n) is 9.25. The van der Waals surface area contributed by atoms with Gasteiger partial charge in [-0.1, -0.05) is 23.4 Å². The van der Waals surface area contributed by atoms with Gasteiger partial charge in [0.05, 0.1) is 17.3 Å². The van der Waals surface area contributed by atoms with Gasteiger partial charge >= 0.3 is 0 Å². The lowest BCUT2D eigenvalue weighted by molar-refractivity contribution is 0.0944. The summed E-state index contributed by atoms with van der Waals surface area (Å²) in [6.07, 6.45) is 3.19. The van der Waals surface area contributed by atoms with Crippen LogP contribution in [0.4, 0.5) is 5.69 Å². The zero-order valence-corrected chi connectivity index (χ0v) is 16.1. The Balaban J connectivity index is 1.41. The standard InChI is InChI=1S/C21H17N7O3/c22-19(29)17-5-2-6-18(26-17)21(31)23-10-13-3-1-4-15(9-13)25-20(30)14-7-8-16-11-24-27-28(16)12-14/h1-9,11-12H,10H2,(H2,22,29)(H,23,31)(H,25,30). The number of amides is 3. The summed E-state index contributed by atoms with van der Waals surface area (Å²) in [5.74, 6) is -1.45. The second-order valence-electron chi connectivity index (χ2n) is 6.63. The average Bonchev–Trinajstić information content (AvgIpc) is 3.25. The van der Waals surface area contributed by atoms with Crippen LogP contribution in [0.3, 0.4) is 0 Å². The molecule has 0 fully saturated rings. The number of nitrogens with two attached hydrogens (primary N) is 1. The van der Waals surface area contributed by atoms with Crippen molar-refractivity contribution in [2.45, 2.75) is 6.54 Å². The highest BCUT2D eigenvalue weighted by atomic mass is 16.2. The molecule has 0 aliphatic carbocycles. The molecule has 154 valence electrons. The summed E-state index contributed by atoms with van der Waals surface area (Å²) in [6.45, 7) is 0.204. The van der Waals surface area contributed by atoms with Crippen molar-refractivity contribution in [1.82, 2.24) is 25.1 Å². The number of carbonyl (C=O) groups excluding carboxylic acids is 3. The number of hydrogen-bond acceptors (Lipinski definition) is 6. The summed E-state index contributed by atoms with van der Waals surface area (Å²) in [7, 11) is 0. The molecular formula is C21H17N7O3. The Hall–Kier alpha value is -4.60. The highest BCUT2D eigenvalue weighted by Crippen LogP contribution is 2.13. The topological polar surface area (TPSA) is 144 Å². The van der Waals surface area contributed by atoms with Gasteiger partial charge in [0.25, 0.3) is 17.7 Å². The molecule has 3 heterocycles. The SMILES string of the molecule is NC(=O)c1cccc(C(=O)NCc2cccc(NC(=O)c3ccc4cnnn4c3)c2)n1. The number of pyridine rings is 2. The molecule has 10 nitrogen and oxygen atoms in total. The molecule has 0 unspecified atom stereocenters. The van der Waals surface area contributed by atoms with Crippen molar-refractivity contribution in [2.24, 2.45) is 5.73 Å². The minimum Gasteiger partial charge on any atom is -0.364 e. The van der Waals surface area contributed by atoms with Gasteiger partial charge in [-0.25, -0.2) is 9.50 Å². The van der Waals surface area contributed by atoms with Gasteiger partial charge in [-0.05, 0) is 42.0 Å². The first-order chi connectivity index (χ1) is 15.0. The number of rotatable bonds is 6. The number of fused-ring (bicyclic) bond motifs is 1. The van der Waals surface area contributed by atoms with Crippen molar-refractivity contribution < 1.29 is 14.4 Å². The maximum absolute atomic E-state index is 12.5. The van der Waals surface area contributed by atoms with Gasteiger partial charge in [0.1, 0.15) is 11.4 Å². The largest absolute Gasteiger partial charge is 0.364 e. The third kappa shape index (κ3) is 4.53. The molecule has 0 saturated heterocycles. The van der Waals surface area contributed by atoms with Crippen molar-refractivity contribution in [1.29, 1.82) is 0 Å². The van der Waals surface area contributed by atoms with Gasteiger partial charge in [-0.3, -0.25) is 14.4 Å². The van der Waals surface area contributed by atoms with Gasteiger partial charge < -0.3 is 16.4 Å². The van der Waals surface area contributed by atoms with Crippen LogP contribution in [0.25, 0.3) is 5.52 Å². The van der Waals surface area contributed by atoms with E-state index >= 15 is 0 Å². The first kappa shape index (κ1) is 19.7. The lowest BCUT2D eigenvalue weighted by atomic mass is 10.2. The highest BCUT2D eigenvalue weighted by Gasteiger charge is 2.11. The van der Waals surface area contributed by atoms with Crippen molar-refractivity contribution in [3.05, 3.63) is 89.5 Å². The second kappa shape index (κ2) is 8.41. The molecular weight excluding hydrogens is 398 g/mol. The minimum atomic E-state index is -0.707. The van der Waals surface area contributed by atoms with Crippen LogP contribution in [-0.4, -0.2) is 37.5 Å². The van der Waals surface area contributed by atoms with E-state index in [4.69, 9.17) is 5.73 Å². The summed E-state index contributed by atoms with van der Waals surface area (Å²) in [4.78, 5) is 40.0. The fourth-order valence-electron chi connectivity index (χ4n) is 2.89. The number of benzene rings is 1. The van der Waals surface area contributed by atoms with Crippen LogP contribution in [-0.2, 0) is 6.54 Å². The van der Waals surface area contributed by atoms with Crippen LogP contribution in [0.1, 0.15) is 36.9 Å². The lowest BCUT2D eigenvalue weighted by Gasteiger charge is -2.09. The van der Waals surface area contributed by atoms with E-state index in [9.17, 15) is 14.4 Å². The van der Waals surface area contributed by atoms with E-state index in [-0.39, 0.29) is 23.8 Å². The monoisotopic (exact) mass is 415 g/mol. The molecule has 0 bridgehead atoms. The van der Waals surface area contributed by atoms with Crippen LogP contribution in [0.2, 0.25) is 0 Å². The maximum Gasteiger partial charge on any atom is 0.270 e. The molecule has 1 aromatic carbocycles. The molecule has 0 saturated carbocycles. The first-order valence-corrected chi connectivity index (χ1v) is 9.25. The Morgan fingerprint density at radius 1 is 0.968 bits per heavy atom. The molecule has 31 heavy (non-hydrogen) atoms. The van der Waals surface area contributed by atoms with Crippen LogP contribution in [0.5, 0.6) is 0 Å². The predicted molar refractivity (Wildman–Crippen MR) is 111 cm³/mol. The van der Waals surface area contributed by atoms with Crippen molar-refractivity contribution in [3.63, 3.8) is 0 Å². The Kier molecular flexibility index (Phi) is 5.35. The van der Waals surface area contributed by atoms with Gasteiger partial charge in [0, 0.05) is 18.4 Å². The third-order valence-electron chi connectivity index (χ3n) is 4.43. The van der Waals surface area contributed by atoms with E-state index in [1.165, 1.54) is 22.7 Å². The van der Waals surface area contributed by atoms with Gasteiger partial charge in [0.15, 0.2) is 0 Å². The smallest absolute Gasteiger partial charge is 0.270 e. The summed E-state index contributed by atoms with van der Waals surface area (Å²) >= 11 is 0. The van der Waals surface area contributed by atoms with E-state index in [0.29, 0.717) is 11.3 Å². The van der Waals surface area contributed by atoms with Gasteiger partial charge in [0.2, 0.25) is 0 Å². The molecule has 4 N–H and O–H groups in total. The Bertz CT molecular complexity index is 1300. The lowest BCUT2D eigenvalue weighted by Crippen LogP contribution is -2.25. The molecule has 4 rings (SSSR count). The summed E-state index contributed by atoms with van der Waals surface area (Å²) in [5.41, 5.74) is 7.85. The van der Waals surface area contributed by atoms with Gasteiger partial charge in [-0.2, -0.15) is 0 Å².